The molecular weight excluding hydrogens is 352 g/mol. The van der Waals surface area contributed by atoms with Crippen LogP contribution in [0.5, 0.6) is 0 Å². The number of pyridine rings is 1. The highest BCUT2D eigenvalue weighted by atomic mass is 79.9. The number of rotatable bonds is 2. The van der Waals surface area contributed by atoms with Gasteiger partial charge < -0.3 is 0 Å². The molecule has 4 nitrogen and oxygen atoms in total. The molecule has 0 spiro atoms. The molecule has 0 aliphatic carbocycles. The Morgan fingerprint density at radius 2 is 2.24 bits per heavy atom. The van der Waals surface area contributed by atoms with Gasteiger partial charge in [0.15, 0.2) is 5.82 Å². The van der Waals surface area contributed by atoms with E-state index in [9.17, 15) is 4.79 Å². The minimum Gasteiger partial charge on any atom is -0.279 e. The van der Waals surface area contributed by atoms with Gasteiger partial charge in [0.05, 0.1) is 10.0 Å². The van der Waals surface area contributed by atoms with Crippen molar-refractivity contribution < 1.29 is 4.79 Å². The van der Waals surface area contributed by atoms with Gasteiger partial charge in [0.1, 0.15) is 10.7 Å². The molecule has 0 fully saturated rings. The predicted octanol–water partition coefficient (Wildman–Crippen LogP) is 3.44. The van der Waals surface area contributed by atoms with Gasteiger partial charge in [0.2, 0.25) is 5.24 Å². The zero-order valence-electron chi connectivity index (χ0n) is 8.20. The highest BCUT2D eigenvalue weighted by Gasteiger charge is 2.33. The van der Waals surface area contributed by atoms with Crippen LogP contribution in [-0.4, -0.2) is 20.9 Å². The number of hydrogen-bond acceptors (Lipinski definition) is 4. The zero-order chi connectivity index (χ0) is 12.6. The Labute approximate surface area is 121 Å². The Morgan fingerprint density at radius 3 is 2.82 bits per heavy atom. The van der Waals surface area contributed by atoms with E-state index in [4.69, 9.17) is 34.8 Å². The third-order valence-electron chi connectivity index (χ3n) is 2.14. The van der Waals surface area contributed by atoms with Crippen molar-refractivity contribution in [3.63, 3.8) is 0 Å². The fraction of sp³-hybridized carbons (Fsp3) is 0.222. The molecule has 0 N–H and O–H groups in total. The molecule has 2 rings (SSSR count). The van der Waals surface area contributed by atoms with E-state index < -0.39 is 11.3 Å². The first-order valence-electron chi connectivity index (χ1n) is 4.51. The SMILES string of the molecule is O=C(Cl)C1CC(Br)=NN1c1ncc(Cl)cc1Cl. The van der Waals surface area contributed by atoms with Crippen molar-refractivity contribution in [2.45, 2.75) is 12.5 Å². The second kappa shape index (κ2) is 5.10. The van der Waals surface area contributed by atoms with Crippen LogP contribution in [0.1, 0.15) is 6.42 Å². The normalized spacial score (nSPS) is 19.4. The van der Waals surface area contributed by atoms with Crippen molar-refractivity contribution in [3.8, 4) is 0 Å². The summed E-state index contributed by atoms with van der Waals surface area (Å²) in [6, 6.07) is 0.931. The van der Waals surface area contributed by atoms with Crippen LogP contribution in [0.3, 0.4) is 0 Å². The number of hydrogen-bond donors (Lipinski definition) is 0. The highest BCUT2D eigenvalue weighted by Crippen LogP contribution is 2.32. The summed E-state index contributed by atoms with van der Waals surface area (Å²) in [5.41, 5.74) is 0. The third-order valence-corrected chi connectivity index (χ3v) is 3.36. The molecule has 17 heavy (non-hydrogen) atoms. The number of carbonyl (C=O) groups excluding carboxylic acids is 1. The summed E-state index contributed by atoms with van der Waals surface area (Å²) in [7, 11) is 0. The molecule has 0 radical (unpaired) electrons. The Morgan fingerprint density at radius 1 is 1.53 bits per heavy atom. The molecule has 90 valence electrons. The lowest BCUT2D eigenvalue weighted by atomic mass is 10.2. The quantitative estimate of drug-likeness (QED) is 0.762. The van der Waals surface area contributed by atoms with Crippen LogP contribution in [0.25, 0.3) is 0 Å². The van der Waals surface area contributed by atoms with Gasteiger partial charge in [-0.3, -0.25) is 4.79 Å². The molecule has 1 atom stereocenters. The van der Waals surface area contributed by atoms with Crippen molar-refractivity contribution in [1.82, 2.24) is 4.98 Å². The average Bonchev–Trinajstić information content (AvgIpc) is 2.60. The first kappa shape index (κ1) is 13.1. The maximum atomic E-state index is 11.3. The summed E-state index contributed by atoms with van der Waals surface area (Å²) in [6.07, 6.45) is 1.82. The molecule has 1 aliphatic heterocycles. The maximum absolute atomic E-state index is 11.3. The van der Waals surface area contributed by atoms with Crippen molar-refractivity contribution in [3.05, 3.63) is 22.3 Å². The molecule has 1 unspecified atom stereocenters. The van der Waals surface area contributed by atoms with Gasteiger partial charge in [-0.05, 0) is 33.6 Å². The molecule has 0 saturated heterocycles. The van der Waals surface area contributed by atoms with Crippen LogP contribution in [0, 0.1) is 0 Å². The Bertz CT molecular complexity index is 508. The highest BCUT2D eigenvalue weighted by molar-refractivity contribution is 9.18. The van der Waals surface area contributed by atoms with Crippen molar-refractivity contribution in [2.75, 3.05) is 5.01 Å². The summed E-state index contributed by atoms with van der Waals surface area (Å²) in [4.78, 5) is 15.3. The average molecular weight is 357 g/mol. The van der Waals surface area contributed by atoms with Crippen LogP contribution in [0.2, 0.25) is 10.0 Å². The van der Waals surface area contributed by atoms with Crippen molar-refractivity contribution in [1.29, 1.82) is 0 Å². The van der Waals surface area contributed by atoms with Gasteiger partial charge in [-0.1, -0.05) is 23.2 Å². The summed E-state index contributed by atoms with van der Waals surface area (Å²) in [5, 5.41) is 5.72. The molecule has 0 saturated carbocycles. The summed E-state index contributed by atoms with van der Waals surface area (Å²) >= 11 is 20.5. The lowest BCUT2D eigenvalue weighted by Crippen LogP contribution is -2.32. The Balaban J connectivity index is 2.41. The lowest BCUT2D eigenvalue weighted by molar-refractivity contribution is -0.112. The van der Waals surface area contributed by atoms with Crippen LogP contribution in [0.15, 0.2) is 17.4 Å². The zero-order valence-corrected chi connectivity index (χ0v) is 12.1. The summed E-state index contributed by atoms with van der Waals surface area (Å²) in [6.45, 7) is 0. The largest absolute Gasteiger partial charge is 0.279 e. The minimum atomic E-state index is -0.600. The summed E-state index contributed by atoms with van der Waals surface area (Å²) in [5.74, 6) is 0.351. The third kappa shape index (κ3) is 2.73. The van der Waals surface area contributed by atoms with Gasteiger partial charge in [0.25, 0.3) is 0 Å². The number of anilines is 1. The molecule has 8 heteroatoms. The Kier molecular flexibility index (Phi) is 3.92. The molecule has 1 aliphatic rings. The van der Waals surface area contributed by atoms with E-state index in [0.29, 0.717) is 26.9 Å². The number of hydrazone groups is 1. The molecular formula is C9H5BrCl3N3O. The topological polar surface area (TPSA) is 45.6 Å². The summed E-state index contributed by atoms with van der Waals surface area (Å²) < 4.78 is 0.615. The molecule has 0 amide bonds. The standard InChI is InChI=1S/C9H5BrCl3N3O/c10-7-2-6(8(13)17)16(15-7)9-5(12)1-4(11)3-14-9/h1,3,6H,2H2. The van der Waals surface area contributed by atoms with Crippen molar-refractivity contribution in [2.24, 2.45) is 5.10 Å². The van der Waals surface area contributed by atoms with E-state index in [-0.39, 0.29) is 0 Å². The first-order chi connectivity index (χ1) is 7.99. The van der Waals surface area contributed by atoms with E-state index in [2.05, 4.69) is 26.0 Å². The maximum Gasteiger partial charge on any atom is 0.246 e. The van der Waals surface area contributed by atoms with Crippen LogP contribution >= 0.6 is 50.7 Å². The van der Waals surface area contributed by atoms with E-state index in [1.165, 1.54) is 17.3 Å². The number of nitrogens with zero attached hydrogens (tertiary/aromatic N) is 3. The fourth-order valence-corrected chi connectivity index (χ4v) is 2.53. The Hall–Kier alpha value is -0.360. The van der Waals surface area contributed by atoms with Gasteiger partial charge in [-0.2, -0.15) is 5.10 Å². The fourth-order valence-electron chi connectivity index (χ4n) is 1.42. The second-order valence-corrected chi connectivity index (χ2v) is 5.44. The molecule has 1 aromatic heterocycles. The molecule has 0 bridgehead atoms. The monoisotopic (exact) mass is 355 g/mol. The van der Waals surface area contributed by atoms with Crippen LogP contribution in [0.4, 0.5) is 5.82 Å². The smallest absolute Gasteiger partial charge is 0.246 e. The van der Waals surface area contributed by atoms with Crippen molar-refractivity contribution >= 4 is 66.4 Å². The van der Waals surface area contributed by atoms with Gasteiger partial charge >= 0.3 is 0 Å². The van der Waals surface area contributed by atoms with Gasteiger partial charge in [0, 0.05) is 12.6 Å². The minimum absolute atomic E-state index is 0.311. The predicted molar refractivity (Wildman–Crippen MR) is 72.4 cm³/mol. The van der Waals surface area contributed by atoms with Crippen LogP contribution in [-0.2, 0) is 4.79 Å². The van der Waals surface area contributed by atoms with E-state index in [0.717, 1.165) is 0 Å². The number of aromatic nitrogens is 1. The second-order valence-electron chi connectivity index (χ2n) is 3.30. The number of carbonyl (C=O) groups is 1. The van der Waals surface area contributed by atoms with E-state index >= 15 is 0 Å². The molecule has 0 aromatic carbocycles. The van der Waals surface area contributed by atoms with Gasteiger partial charge in [-0.25, -0.2) is 9.99 Å². The number of halogens is 4. The first-order valence-corrected chi connectivity index (χ1v) is 6.44. The van der Waals surface area contributed by atoms with E-state index in [1.54, 1.807) is 0 Å². The van der Waals surface area contributed by atoms with E-state index in [1.807, 2.05) is 0 Å². The lowest BCUT2D eigenvalue weighted by Gasteiger charge is -2.19. The molecule has 2 heterocycles. The van der Waals surface area contributed by atoms with Gasteiger partial charge in [-0.15, -0.1) is 0 Å². The molecule has 1 aromatic rings. The van der Waals surface area contributed by atoms with Crippen LogP contribution < -0.4 is 5.01 Å².